The lowest BCUT2D eigenvalue weighted by Crippen LogP contribution is -2.23. The molecule has 118 valence electrons. The van der Waals surface area contributed by atoms with E-state index in [4.69, 9.17) is 0 Å². The highest BCUT2D eigenvalue weighted by atomic mass is 16.1. The zero-order valence-corrected chi connectivity index (χ0v) is 13.9. The molecule has 0 aliphatic rings. The van der Waals surface area contributed by atoms with E-state index >= 15 is 0 Å². The highest BCUT2D eigenvalue weighted by Crippen LogP contribution is 2.23. The number of nitrogens with one attached hydrogen (secondary N) is 2. The monoisotopic (exact) mass is 300 g/mol. The Bertz CT molecular complexity index is 673. The predicted molar refractivity (Wildman–Crippen MR) is 90.3 cm³/mol. The number of aryl methyl sites for hydroxylation is 2. The minimum atomic E-state index is -0.0715. The maximum Gasteiger partial charge on any atom is 0.243 e. The summed E-state index contributed by atoms with van der Waals surface area (Å²) in [6.45, 7) is 8.35. The summed E-state index contributed by atoms with van der Waals surface area (Å²) in [5.41, 5.74) is 4.80. The van der Waals surface area contributed by atoms with Crippen LogP contribution in [0.15, 0.2) is 24.3 Å². The maximum atomic E-state index is 12.2. The van der Waals surface area contributed by atoms with Crippen molar-refractivity contribution in [2.75, 3.05) is 17.2 Å². The van der Waals surface area contributed by atoms with Crippen molar-refractivity contribution in [1.29, 1.82) is 0 Å². The molecule has 5 heteroatoms. The van der Waals surface area contributed by atoms with Gasteiger partial charge in [-0.15, -0.1) is 0 Å². The molecule has 0 saturated carbocycles. The molecule has 0 aliphatic heterocycles. The van der Waals surface area contributed by atoms with Crippen LogP contribution in [0, 0.1) is 13.8 Å². The summed E-state index contributed by atoms with van der Waals surface area (Å²) >= 11 is 0. The van der Waals surface area contributed by atoms with Crippen LogP contribution in [0.25, 0.3) is 0 Å². The average molecular weight is 300 g/mol. The largest absolute Gasteiger partial charge is 0.376 e. The van der Waals surface area contributed by atoms with Gasteiger partial charge >= 0.3 is 0 Å². The van der Waals surface area contributed by atoms with E-state index in [1.165, 1.54) is 5.56 Å². The van der Waals surface area contributed by atoms with Crippen LogP contribution in [-0.2, 0) is 11.8 Å². The molecule has 22 heavy (non-hydrogen) atoms. The van der Waals surface area contributed by atoms with Crippen LogP contribution in [0.4, 0.5) is 11.4 Å². The standard InChI is InChI=1S/C17H24N4O/c1-11(2)14-8-6-7-9-15(14)18-10-16(22)19-17-12(3)20-21(5)13(17)4/h6-9,11,18H,10H2,1-5H3,(H,19,22). The third kappa shape index (κ3) is 3.47. The fourth-order valence-electron chi connectivity index (χ4n) is 2.48. The molecule has 2 aromatic rings. The van der Waals surface area contributed by atoms with Crippen LogP contribution in [0.3, 0.4) is 0 Å². The molecule has 0 spiro atoms. The lowest BCUT2D eigenvalue weighted by atomic mass is 10.0. The number of hydrogen-bond donors (Lipinski definition) is 2. The van der Waals surface area contributed by atoms with Crippen LogP contribution in [0.5, 0.6) is 0 Å². The topological polar surface area (TPSA) is 59.0 Å². The second-order valence-corrected chi connectivity index (χ2v) is 5.81. The molecule has 5 nitrogen and oxygen atoms in total. The first-order chi connectivity index (χ1) is 10.4. The van der Waals surface area contributed by atoms with Gasteiger partial charge in [-0.25, -0.2) is 0 Å². The molecule has 0 aliphatic carbocycles. The van der Waals surface area contributed by atoms with E-state index < -0.39 is 0 Å². The lowest BCUT2D eigenvalue weighted by molar-refractivity contribution is -0.114. The van der Waals surface area contributed by atoms with Gasteiger partial charge in [-0.1, -0.05) is 32.0 Å². The zero-order valence-electron chi connectivity index (χ0n) is 13.9. The van der Waals surface area contributed by atoms with E-state index in [1.807, 2.05) is 39.1 Å². The quantitative estimate of drug-likeness (QED) is 0.891. The molecule has 2 rings (SSSR count). The molecule has 1 amide bonds. The maximum absolute atomic E-state index is 12.2. The summed E-state index contributed by atoms with van der Waals surface area (Å²) in [6, 6.07) is 8.08. The molecular formula is C17H24N4O. The smallest absolute Gasteiger partial charge is 0.243 e. The Morgan fingerprint density at radius 2 is 1.95 bits per heavy atom. The number of rotatable bonds is 5. The molecule has 1 aromatic carbocycles. The van der Waals surface area contributed by atoms with Gasteiger partial charge in [0.2, 0.25) is 5.91 Å². The molecule has 0 saturated heterocycles. The Morgan fingerprint density at radius 1 is 1.27 bits per heavy atom. The minimum absolute atomic E-state index is 0.0715. The van der Waals surface area contributed by atoms with Crippen LogP contribution in [0.2, 0.25) is 0 Å². The third-order valence-corrected chi connectivity index (χ3v) is 3.80. The molecule has 0 fully saturated rings. The highest BCUT2D eigenvalue weighted by Gasteiger charge is 2.13. The Labute approximate surface area is 131 Å². The summed E-state index contributed by atoms with van der Waals surface area (Å²) in [5.74, 6) is 0.340. The van der Waals surface area contributed by atoms with Crippen molar-refractivity contribution in [3.63, 3.8) is 0 Å². The Kier molecular flexibility index (Phi) is 4.85. The van der Waals surface area contributed by atoms with Crippen molar-refractivity contribution in [3.8, 4) is 0 Å². The van der Waals surface area contributed by atoms with E-state index in [0.717, 1.165) is 22.8 Å². The number of para-hydroxylation sites is 1. The van der Waals surface area contributed by atoms with Gasteiger partial charge in [0.25, 0.3) is 0 Å². The summed E-state index contributed by atoms with van der Waals surface area (Å²) < 4.78 is 1.77. The van der Waals surface area contributed by atoms with Crippen molar-refractivity contribution >= 4 is 17.3 Å². The summed E-state index contributed by atoms with van der Waals surface area (Å²) in [4.78, 5) is 12.2. The highest BCUT2D eigenvalue weighted by molar-refractivity contribution is 5.94. The lowest BCUT2D eigenvalue weighted by Gasteiger charge is -2.14. The third-order valence-electron chi connectivity index (χ3n) is 3.80. The van der Waals surface area contributed by atoms with Gasteiger partial charge in [-0.3, -0.25) is 9.48 Å². The molecule has 0 bridgehead atoms. The van der Waals surface area contributed by atoms with Crippen LogP contribution < -0.4 is 10.6 Å². The van der Waals surface area contributed by atoms with Gasteiger partial charge in [0.15, 0.2) is 0 Å². The van der Waals surface area contributed by atoms with Crippen molar-refractivity contribution < 1.29 is 4.79 Å². The van der Waals surface area contributed by atoms with Gasteiger partial charge in [0, 0.05) is 12.7 Å². The van der Waals surface area contributed by atoms with E-state index in [-0.39, 0.29) is 12.5 Å². The van der Waals surface area contributed by atoms with E-state index in [9.17, 15) is 4.79 Å². The van der Waals surface area contributed by atoms with Gasteiger partial charge < -0.3 is 10.6 Å². The first-order valence-corrected chi connectivity index (χ1v) is 7.53. The van der Waals surface area contributed by atoms with Crippen molar-refractivity contribution in [2.24, 2.45) is 7.05 Å². The molecule has 2 N–H and O–H groups in total. The van der Waals surface area contributed by atoms with Gasteiger partial charge in [-0.05, 0) is 31.4 Å². The minimum Gasteiger partial charge on any atom is -0.376 e. The van der Waals surface area contributed by atoms with Crippen molar-refractivity contribution in [2.45, 2.75) is 33.6 Å². The van der Waals surface area contributed by atoms with Crippen LogP contribution >= 0.6 is 0 Å². The molecule has 0 unspecified atom stereocenters. The van der Waals surface area contributed by atoms with Gasteiger partial charge in [0.05, 0.1) is 23.6 Å². The van der Waals surface area contributed by atoms with E-state index in [1.54, 1.807) is 4.68 Å². The zero-order chi connectivity index (χ0) is 16.3. The molecule has 1 heterocycles. The first kappa shape index (κ1) is 16.1. The number of aromatic nitrogens is 2. The Morgan fingerprint density at radius 3 is 2.55 bits per heavy atom. The van der Waals surface area contributed by atoms with Gasteiger partial charge in [-0.2, -0.15) is 5.10 Å². The fraction of sp³-hybridized carbons (Fsp3) is 0.412. The summed E-state index contributed by atoms with van der Waals surface area (Å²) in [6.07, 6.45) is 0. The molecule has 0 atom stereocenters. The number of carbonyl (C=O) groups is 1. The Balaban J connectivity index is 2.02. The van der Waals surface area contributed by atoms with Gasteiger partial charge in [0.1, 0.15) is 0 Å². The SMILES string of the molecule is Cc1nn(C)c(C)c1NC(=O)CNc1ccccc1C(C)C. The second kappa shape index (κ2) is 6.64. The first-order valence-electron chi connectivity index (χ1n) is 7.53. The van der Waals surface area contributed by atoms with Crippen LogP contribution in [0.1, 0.15) is 36.7 Å². The molecular weight excluding hydrogens is 276 g/mol. The average Bonchev–Trinajstić information content (AvgIpc) is 2.72. The number of amides is 1. The molecule has 0 radical (unpaired) electrons. The number of hydrogen-bond acceptors (Lipinski definition) is 3. The van der Waals surface area contributed by atoms with Crippen molar-refractivity contribution in [3.05, 3.63) is 41.2 Å². The molecule has 1 aromatic heterocycles. The predicted octanol–water partition coefficient (Wildman–Crippen LogP) is 3.21. The van der Waals surface area contributed by atoms with Crippen molar-refractivity contribution in [1.82, 2.24) is 9.78 Å². The number of carbonyl (C=O) groups excluding carboxylic acids is 1. The number of anilines is 2. The summed E-state index contributed by atoms with van der Waals surface area (Å²) in [5, 5.41) is 10.5. The number of benzene rings is 1. The Hall–Kier alpha value is -2.30. The summed E-state index contributed by atoms with van der Waals surface area (Å²) in [7, 11) is 1.87. The normalized spacial score (nSPS) is 10.8. The second-order valence-electron chi connectivity index (χ2n) is 5.81. The van der Waals surface area contributed by atoms with Crippen LogP contribution in [-0.4, -0.2) is 22.2 Å². The fourth-order valence-corrected chi connectivity index (χ4v) is 2.48. The number of nitrogens with zero attached hydrogens (tertiary/aromatic N) is 2. The van der Waals surface area contributed by atoms with E-state index in [0.29, 0.717) is 5.92 Å². The van der Waals surface area contributed by atoms with E-state index in [2.05, 4.69) is 35.6 Å².